The van der Waals surface area contributed by atoms with Crippen LogP contribution in [0.1, 0.15) is 5.56 Å². The highest BCUT2D eigenvalue weighted by Crippen LogP contribution is 2.35. The molecule has 30 heavy (non-hydrogen) atoms. The number of nitrogens with zero attached hydrogens (tertiary/aromatic N) is 2. The Labute approximate surface area is 185 Å². The molecular weight excluding hydrogens is 414 g/mol. The van der Waals surface area contributed by atoms with Crippen LogP contribution < -0.4 is 4.90 Å². The number of nitriles is 1. The number of pyridine rings is 1. The molecule has 154 valence electrons. The molecule has 0 saturated carbocycles. The molecule has 4 rings (SSSR count). The van der Waals surface area contributed by atoms with E-state index in [-0.39, 0.29) is 0 Å². The highest BCUT2D eigenvalue weighted by atomic mass is 32.2. The van der Waals surface area contributed by atoms with Gasteiger partial charge in [0.15, 0.2) is 0 Å². The third kappa shape index (κ3) is 5.09. The van der Waals surface area contributed by atoms with Crippen molar-refractivity contribution in [2.24, 2.45) is 0 Å². The molecule has 1 fully saturated rings. The molecule has 7 heteroatoms. The number of aromatic nitrogens is 1. The summed E-state index contributed by atoms with van der Waals surface area (Å²) in [5, 5.41) is 23.2. The van der Waals surface area contributed by atoms with Crippen LogP contribution in [0.15, 0.2) is 58.9 Å². The molecule has 5 nitrogen and oxygen atoms in total. The molecule has 1 aromatic carbocycles. The monoisotopic (exact) mass is 438 g/mol. The van der Waals surface area contributed by atoms with Crippen LogP contribution in [0.2, 0.25) is 0 Å². The summed E-state index contributed by atoms with van der Waals surface area (Å²) in [6, 6.07) is 18.3. The molecule has 1 saturated heterocycles. The summed E-state index contributed by atoms with van der Waals surface area (Å²) in [6.07, 6.45) is -0.456. The van der Waals surface area contributed by atoms with Gasteiger partial charge in [-0.15, -0.1) is 23.1 Å². The zero-order valence-electron chi connectivity index (χ0n) is 16.6. The van der Waals surface area contributed by atoms with Crippen molar-refractivity contribution >= 4 is 23.1 Å². The first kappa shape index (κ1) is 21.0. The van der Waals surface area contributed by atoms with Gasteiger partial charge in [-0.1, -0.05) is 36.4 Å². The van der Waals surface area contributed by atoms with Crippen LogP contribution in [0.3, 0.4) is 0 Å². The van der Waals surface area contributed by atoms with Crippen LogP contribution in [-0.4, -0.2) is 54.8 Å². The van der Waals surface area contributed by atoms with E-state index in [0.29, 0.717) is 22.9 Å². The molecule has 3 aromatic rings. The molecule has 0 unspecified atom stereocenters. The lowest BCUT2D eigenvalue weighted by molar-refractivity contribution is -0.910. The van der Waals surface area contributed by atoms with Gasteiger partial charge in [0.25, 0.3) is 0 Å². The molecular formula is C23H24N3O2S2+. The van der Waals surface area contributed by atoms with Crippen molar-refractivity contribution in [3.05, 3.63) is 59.5 Å². The molecule has 3 heterocycles. The van der Waals surface area contributed by atoms with E-state index in [1.54, 1.807) is 11.3 Å². The molecule has 1 aliphatic heterocycles. The normalized spacial score (nSPS) is 15.6. The van der Waals surface area contributed by atoms with Gasteiger partial charge in [-0.05, 0) is 23.1 Å². The maximum atomic E-state index is 10.6. The summed E-state index contributed by atoms with van der Waals surface area (Å²) in [4.78, 5) is 7.23. The molecule has 1 aliphatic rings. The number of thioether (sulfide) groups is 1. The van der Waals surface area contributed by atoms with E-state index in [2.05, 4.69) is 6.07 Å². The molecule has 0 amide bonds. The number of benzene rings is 1. The summed E-state index contributed by atoms with van der Waals surface area (Å²) in [6.45, 7) is 4.04. The first-order valence-corrected chi connectivity index (χ1v) is 11.9. The predicted molar refractivity (Wildman–Crippen MR) is 121 cm³/mol. The largest absolute Gasteiger partial charge is 0.386 e. The number of ether oxygens (including phenoxy) is 1. The lowest BCUT2D eigenvalue weighted by Gasteiger charge is -2.25. The summed E-state index contributed by atoms with van der Waals surface area (Å²) in [5.74, 6) is 0.508. The Hall–Kier alpha value is -2.21. The lowest BCUT2D eigenvalue weighted by Crippen LogP contribution is -3.15. The SMILES string of the molecule is N#Cc1c(-c2ccccc2)cc(-c2cccs2)nc1SC[C@H](O)C[NH+]1CCOCC1. The van der Waals surface area contributed by atoms with Crippen molar-refractivity contribution in [2.75, 3.05) is 38.6 Å². The fourth-order valence-corrected chi connectivity index (χ4v) is 5.18. The number of aliphatic hydroxyl groups excluding tert-OH is 1. The highest BCUT2D eigenvalue weighted by molar-refractivity contribution is 7.99. The van der Waals surface area contributed by atoms with Gasteiger partial charge in [-0.3, -0.25) is 0 Å². The topological polar surface area (TPSA) is 70.6 Å². The zero-order valence-corrected chi connectivity index (χ0v) is 18.2. The summed E-state index contributed by atoms with van der Waals surface area (Å²) in [7, 11) is 0. The minimum atomic E-state index is -0.456. The van der Waals surface area contributed by atoms with E-state index >= 15 is 0 Å². The maximum absolute atomic E-state index is 10.6. The minimum Gasteiger partial charge on any atom is -0.386 e. The third-order valence-electron chi connectivity index (χ3n) is 5.09. The van der Waals surface area contributed by atoms with E-state index in [1.807, 2.05) is 53.9 Å². The second-order valence-corrected chi connectivity index (χ2v) is 9.18. The Bertz CT molecular complexity index is 997. The molecule has 1 atom stereocenters. The molecule has 0 aliphatic carbocycles. The van der Waals surface area contributed by atoms with Crippen LogP contribution >= 0.6 is 23.1 Å². The average Bonchev–Trinajstić information content (AvgIpc) is 3.33. The van der Waals surface area contributed by atoms with E-state index in [1.165, 1.54) is 16.7 Å². The average molecular weight is 439 g/mol. The molecule has 0 bridgehead atoms. The Morgan fingerprint density at radius 3 is 2.70 bits per heavy atom. The van der Waals surface area contributed by atoms with Crippen LogP contribution in [0.25, 0.3) is 21.7 Å². The van der Waals surface area contributed by atoms with Crippen LogP contribution in [0, 0.1) is 11.3 Å². The van der Waals surface area contributed by atoms with E-state index in [9.17, 15) is 10.4 Å². The number of aliphatic hydroxyl groups is 1. The van der Waals surface area contributed by atoms with Gasteiger partial charge in [-0.2, -0.15) is 5.26 Å². The first-order valence-electron chi connectivity index (χ1n) is 10.0. The Morgan fingerprint density at radius 1 is 1.20 bits per heavy atom. The summed E-state index contributed by atoms with van der Waals surface area (Å²) in [5.41, 5.74) is 3.30. The lowest BCUT2D eigenvalue weighted by atomic mass is 10.0. The van der Waals surface area contributed by atoms with Gasteiger partial charge >= 0.3 is 0 Å². The quantitative estimate of drug-likeness (QED) is 0.555. The number of morpholine rings is 1. The molecule has 2 N–H and O–H groups in total. The van der Waals surface area contributed by atoms with Gasteiger partial charge in [0.1, 0.15) is 36.8 Å². The van der Waals surface area contributed by atoms with Gasteiger partial charge in [0.05, 0.1) is 29.3 Å². The van der Waals surface area contributed by atoms with Crippen molar-refractivity contribution < 1.29 is 14.7 Å². The van der Waals surface area contributed by atoms with E-state index in [4.69, 9.17) is 9.72 Å². The number of thiophene rings is 1. The fourth-order valence-electron chi connectivity index (χ4n) is 3.56. The predicted octanol–water partition coefficient (Wildman–Crippen LogP) is 2.72. The Morgan fingerprint density at radius 2 is 2.00 bits per heavy atom. The Kier molecular flexibility index (Phi) is 7.16. The number of nitrogens with one attached hydrogen (secondary N) is 1. The standard InChI is InChI=1S/C23H23N3O2S2/c24-14-20-19(17-5-2-1-3-6-17)13-21(22-7-4-12-29-22)25-23(20)30-16-18(27)15-26-8-10-28-11-9-26/h1-7,12-13,18,27H,8-11,15-16H2/p+1/t18-/m1/s1. The molecule has 0 radical (unpaired) electrons. The summed E-state index contributed by atoms with van der Waals surface area (Å²) < 4.78 is 5.39. The number of hydrogen-bond acceptors (Lipinski definition) is 6. The van der Waals surface area contributed by atoms with Gasteiger partial charge in [0.2, 0.25) is 0 Å². The first-order chi connectivity index (χ1) is 14.7. The Balaban J connectivity index is 1.61. The molecule has 0 spiro atoms. The van der Waals surface area contributed by atoms with Crippen molar-refractivity contribution in [1.82, 2.24) is 4.98 Å². The molecule has 2 aromatic heterocycles. The van der Waals surface area contributed by atoms with Crippen molar-refractivity contribution in [3.63, 3.8) is 0 Å². The number of quaternary nitrogens is 1. The minimum absolute atomic E-state index is 0.456. The second-order valence-electron chi connectivity index (χ2n) is 7.22. The van der Waals surface area contributed by atoms with Crippen molar-refractivity contribution in [1.29, 1.82) is 5.26 Å². The number of rotatable bonds is 7. The van der Waals surface area contributed by atoms with Crippen molar-refractivity contribution in [3.8, 4) is 27.8 Å². The van der Waals surface area contributed by atoms with E-state index < -0.39 is 6.10 Å². The summed E-state index contributed by atoms with van der Waals surface area (Å²) >= 11 is 3.10. The van der Waals surface area contributed by atoms with Gasteiger partial charge < -0.3 is 14.7 Å². The third-order valence-corrected chi connectivity index (χ3v) is 7.11. The second kappa shape index (κ2) is 10.2. The fraction of sp³-hybridized carbons (Fsp3) is 0.304. The van der Waals surface area contributed by atoms with Crippen LogP contribution in [-0.2, 0) is 4.74 Å². The smallest absolute Gasteiger partial charge is 0.115 e. The maximum Gasteiger partial charge on any atom is 0.115 e. The van der Waals surface area contributed by atoms with Crippen LogP contribution in [0.4, 0.5) is 0 Å². The van der Waals surface area contributed by atoms with Gasteiger partial charge in [0, 0.05) is 11.3 Å². The number of hydrogen-bond donors (Lipinski definition) is 2. The highest BCUT2D eigenvalue weighted by Gasteiger charge is 2.21. The zero-order chi connectivity index (χ0) is 20.8. The van der Waals surface area contributed by atoms with Crippen LogP contribution in [0.5, 0.6) is 0 Å². The van der Waals surface area contributed by atoms with E-state index in [0.717, 1.165) is 48.0 Å². The van der Waals surface area contributed by atoms with Crippen molar-refractivity contribution in [2.45, 2.75) is 11.1 Å². The van der Waals surface area contributed by atoms with Gasteiger partial charge in [-0.25, -0.2) is 4.98 Å².